The predicted molar refractivity (Wildman–Crippen MR) is 116 cm³/mol. The second-order valence-electron chi connectivity index (χ2n) is 8.15. The largest absolute Gasteiger partial charge is 0.367 e. The minimum Gasteiger partial charge on any atom is -0.367 e. The second kappa shape index (κ2) is 9.47. The summed E-state index contributed by atoms with van der Waals surface area (Å²) in [5.41, 5.74) is 3.44. The maximum Gasteiger partial charge on any atom is 0.254 e. The van der Waals surface area contributed by atoms with Crippen LogP contribution in [0.4, 0.5) is 4.39 Å². The number of nitriles is 1. The highest BCUT2D eigenvalue weighted by Gasteiger charge is 2.25. The molecule has 0 spiro atoms. The standard InChI is InChI=1S/C24H25FN4O3/c1-29-14-18-9-15(5-6-20(18)24(29)31)16-3-4-17(21(25)11-16)10-19(12-26)28-23(30)22-13-27-7-2-8-32-22/h3-6,9,11,19,22,27H,2,7-8,10,13-14H2,1H3,(H,28,30)/t19-,22-/m0/s1. The molecule has 0 aromatic heterocycles. The quantitative estimate of drug-likeness (QED) is 0.748. The molecule has 0 unspecified atom stereocenters. The predicted octanol–water partition coefficient (Wildman–Crippen LogP) is 2.01. The Hall–Kier alpha value is -3.28. The van der Waals surface area contributed by atoms with Crippen molar-refractivity contribution in [1.82, 2.24) is 15.5 Å². The summed E-state index contributed by atoms with van der Waals surface area (Å²) in [6, 6.07) is 11.5. The Morgan fingerprint density at radius 2 is 2.12 bits per heavy atom. The smallest absolute Gasteiger partial charge is 0.254 e. The fourth-order valence-electron chi connectivity index (χ4n) is 4.03. The second-order valence-corrected chi connectivity index (χ2v) is 8.15. The van der Waals surface area contributed by atoms with Crippen molar-refractivity contribution in [3.05, 3.63) is 58.9 Å². The van der Waals surface area contributed by atoms with Gasteiger partial charge in [-0.3, -0.25) is 9.59 Å². The molecule has 2 aromatic rings. The van der Waals surface area contributed by atoms with Crippen molar-refractivity contribution in [2.24, 2.45) is 0 Å². The number of ether oxygens (including phenoxy) is 1. The summed E-state index contributed by atoms with van der Waals surface area (Å²) < 4.78 is 20.4. The molecule has 1 fully saturated rings. The SMILES string of the molecule is CN1Cc2cc(-c3ccc(C[C@@H](C#N)NC(=O)[C@@H]4CNCCCO4)c(F)c3)ccc2C1=O. The molecule has 2 aliphatic heterocycles. The van der Waals surface area contributed by atoms with Gasteiger partial charge in [0, 0.05) is 38.7 Å². The first kappa shape index (κ1) is 21.9. The van der Waals surface area contributed by atoms with E-state index in [9.17, 15) is 19.2 Å². The Labute approximate surface area is 186 Å². The number of carbonyl (C=O) groups is 2. The first-order valence-electron chi connectivity index (χ1n) is 10.7. The molecule has 32 heavy (non-hydrogen) atoms. The fourth-order valence-corrected chi connectivity index (χ4v) is 4.03. The minimum atomic E-state index is -0.865. The third-order valence-corrected chi connectivity index (χ3v) is 5.81. The van der Waals surface area contributed by atoms with E-state index < -0.39 is 18.0 Å². The van der Waals surface area contributed by atoms with Gasteiger partial charge in [-0.25, -0.2) is 4.39 Å². The zero-order valence-electron chi connectivity index (χ0n) is 17.9. The Morgan fingerprint density at radius 3 is 2.91 bits per heavy atom. The molecule has 2 amide bonds. The number of hydrogen-bond donors (Lipinski definition) is 2. The van der Waals surface area contributed by atoms with Crippen molar-refractivity contribution >= 4 is 11.8 Å². The van der Waals surface area contributed by atoms with Gasteiger partial charge in [0.2, 0.25) is 0 Å². The highest BCUT2D eigenvalue weighted by Crippen LogP contribution is 2.29. The number of fused-ring (bicyclic) bond motifs is 1. The lowest BCUT2D eigenvalue weighted by molar-refractivity contribution is -0.132. The van der Waals surface area contributed by atoms with Gasteiger partial charge >= 0.3 is 0 Å². The van der Waals surface area contributed by atoms with E-state index in [4.69, 9.17) is 4.74 Å². The maximum absolute atomic E-state index is 14.9. The van der Waals surface area contributed by atoms with Gasteiger partial charge in [-0.15, -0.1) is 0 Å². The summed E-state index contributed by atoms with van der Waals surface area (Å²) in [6.07, 6.45) is 0.212. The number of amides is 2. The summed E-state index contributed by atoms with van der Waals surface area (Å²) >= 11 is 0. The van der Waals surface area contributed by atoms with E-state index in [2.05, 4.69) is 10.6 Å². The van der Waals surface area contributed by atoms with Gasteiger partial charge in [0.05, 0.1) is 6.07 Å². The van der Waals surface area contributed by atoms with Gasteiger partial charge < -0.3 is 20.3 Å². The molecule has 2 atom stereocenters. The summed E-state index contributed by atoms with van der Waals surface area (Å²) in [5, 5.41) is 15.2. The van der Waals surface area contributed by atoms with Gasteiger partial charge in [0.25, 0.3) is 11.8 Å². The van der Waals surface area contributed by atoms with Gasteiger partial charge in [-0.05, 0) is 53.4 Å². The van der Waals surface area contributed by atoms with Crippen LogP contribution in [0.25, 0.3) is 11.1 Å². The van der Waals surface area contributed by atoms with Crippen LogP contribution in [0.1, 0.15) is 27.9 Å². The van der Waals surface area contributed by atoms with Crippen LogP contribution in [-0.2, 0) is 22.5 Å². The average molecular weight is 436 g/mol. The van der Waals surface area contributed by atoms with Crippen molar-refractivity contribution in [3.8, 4) is 17.2 Å². The Morgan fingerprint density at radius 1 is 1.34 bits per heavy atom. The van der Waals surface area contributed by atoms with Crippen LogP contribution in [0.5, 0.6) is 0 Å². The summed E-state index contributed by atoms with van der Waals surface area (Å²) in [7, 11) is 1.75. The topological polar surface area (TPSA) is 94.5 Å². The molecule has 2 aromatic carbocycles. The highest BCUT2D eigenvalue weighted by atomic mass is 19.1. The van der Waals surface area contributed by atoms with Gasteiger partial charge in [-0.1, -0.05) is 18.2 Å². The van der Waals surface area contributed by atoms with Gasteiger partial charge in [-0.2, -0.15) is 5.26 Å². The molecular formula is C24H25FN4O3. The molecule has 4 rings (SSSR count). The number of hydrogen-bond acceptors (Lipinski definition) is 5. The number of carbonyl (C=O) groups excluding carboxylic acids is 2. The zero-order chi connectivity index (χ0) is 22.7. The Kier molecular flexibility index (Phi) is 6.49. The van der Waals surface area contributed by atoms with E-state index in [1.807, 2.05) is 18.2 Å². The van der Waals surface area contributed by atoms with Crippen molar-refractivity contribution in [2.45, 2.75) is 31.5 Å². The van der Waals surface area contributed by atoms with Crippen LogP contribution in [0, 0.1) is 17.1 Å². The highest BCUT2D eigenvalue weighted by molar-refractivity contribution is 5.98. The number of halogens is 1. The minimum absolute atomic E-state index is 0.0114. The van der Waals surface area contributed by atoms with Crippen LogP contribution in [-0.4, -0.2) is 55.6 Å². The molecule has 2 heterocycles. The summed E-state index contributed by atoms with van der Waals surface area (Å²) in [5.74, 6) is -0.832. The van der Waals surface area contributed by atoms with Crippen molar-refractivity contribution in [1.29, 1.82) is 5.26 Å². The van der Waals surface area contributed by atoms with Gasteiger partial charge in [0.1, 0.15) is 18.0 Å². The summed E-state index contributed by atoms with van der Waals surface area (Å²) in [6.45, 7) is 2.17. The van der Waals surface area contributed by atoms with Crippen molar-refractivity contribution in [2.75, 3.05) is 26.7 Å². The first-order chi connectivity index (χ1) is 15.5. The van der Waals surface area contributed by atoms with Gasteiger partial charge in [0.15, 0.2) is 0 Å². The van der Waals surface area contributed by atoms with E-state index in [1.54, 1.807) is 30.1 Å². The number of nitrogens with zero attached hydrogens (tertiary/aromatic N) is 2. The van der Waals surface area contributed by atoms with Crippen LogP contribution in [0.3, 0.4) is 0 Å². The maximum atomic E-state index is 14.9. The summed E-state index contributed by atoms with van der Waals surface area (Å²) in [4.78, 5) is 26.1. The molecule has 0 saturated carbocycles. The van der Waals surface area contributed by atoms with E-state index in [0.717, 1.165) is 24.1 Å². The molecule has 0 bridgehead atoms. The fraction of sp³-hybridized carbons (Fsp3) is 0.375. The van der Waals surface area contributed by atoms with E-state index in [0.29, 0.717) is 36.4 Å². The molecule has 2 aliphatic rings. The average Bonchev–Trinajstić information content (AvgIpc) is 2.97. The van der Waals surface area contributed by atoms with Crippen LogP contribution < -0.4 is 10.6 Å². The molecule has 2 N–H and O–H groups in total. The normalized spacial score (nSPS) is 19.1. The molecule has 8 heteroatoms. The molecule has 7 nitrogen and oxygen atoms in total. The van der Waals surface area contributed by atoms with E-state index >= 15 is 0 Å². The number of benzene rings is 2. The van der Waals surface area contributed by atoms with E-state index in [-0.39, 0.29) is 18.2 Å². The number of rotatable bonds is 5. The lowest BCUT2D eigenvalue weighted by atomic mass is 9.97. The van der Waals surface area contributed by atoms with Crippen LogP contribution >= 0.6 is 0 Å². The lowest BCUT2D eigenvalue weighted by Crippen LogP contribution is -2.46. The van der Waals surface area contributed by atoms with Crippen LogP contribution in [0.15, 0.2) is 36.4 Å². The molecule has 0 aliphatic carbocycles. The molecule has 1 saturated heterocycles. The van der Waals surface area contributed by atoms with Crippen molar-refractivity contribution < 1.29 is 18.7 Å². The molecule has 166 valence electrons. The zero-order valence-corrected chi connectivity index (χ0v) is 17.9. The Bertz CT molecular complexity index is 1070. The first-order valence-corrected chi connectivity index (χ1v) is 10.7. The molecular weight excluding hydrogens is 411 g/mol. The molecule has 0 radical (unpaired) electrons. The van der Waals surface area contributed by atoms with E-state index in [1.165, 1.54) is 6.07 Å². The monoisotopic (exact) mass is 436 g/mol. The number of nitrogens with one attached hydrogen (secondary N) is 2. The third kappa shape index (κ3) is 4.64. The third-order valence-electron chi connectivity index (χ3n) is 5.81. The van der Waals surface area contributed by atoms with Crippen LogP contribution in [0.2, 0.25) is 0 Å². The van der Waals surface area contributed by atoms with Crippen molar-refractivity contribution in [3.63, 3.8) is 0 Å². The lowest BCUT2D eigenvalue weighted by Gasteiger charge is -2.18. The Balaban J connectivity index is 1.45.